The van der Waals surface area contributed by atoms with Crippen LogP contribution in [0.3, 0.4) is 0 Å². The molecule has 0 amide bonds. The lowest BCUT2D eigenvalue weighted by atomic mass is 10.1. The summed E-state index contributed by atoms with van der Waals surface area (Å²) in [6, 6.07) is 12.1. The van der Waals surface area contributed by atoms with Crippen molar-refractivity contribution >= 4 is 35.4 Å². The number of carbonyl (C=O) groups is 2. The first-order valence-corrected chi connectivity index (χ1v) is 8.12. The largest absolute Gasteiger partial charge is 0.493 e. The topological polar surface area (TPSA) is 61.8 Å². The van der Waals surface area contributed by atoms with Gasteiger partial charge in [0.15, 0.2) is 11.5 Å². The van der Waals surface area contributed by atoms with Crippen LogP contribution >= 0.6 is 11.6 Å². The highest BCUT2D eigenvalue weighted by atomic mass is 35.5. The fourth-order valence-corrected chi connectivity index (χ4v) is 2.60. The van der Waals surface area contributed by atoms with Crippen LogP contribution in [-0.4, -0.2) is 19.0 Å². The Balaban J connectivity index is 2.00. The smallest absolute Gasteiger partial charge is 0.343 e. The predicted molar refractivity (Wildman–Crippen MR) is 97.8 cm³/mol. The summed E-state index contributed by atoms with van der Waals surface area (Å²) in [6.07, 6.45) is 3.22. The van der Waals surface area contributed by atoms with Crippen molar-refractivity contribution in [2.75, 3.05) is 7.11 Å². The Kier molecular flexibility index (Phi) is 5.09. The van der Waals surface area contributed by atoms with E-state index in [9.17, 15) is 9.59 Å². The summed E-state index contributed by atoms with van der Waals surface area (Å²) in [5.74, 6) is 0.0842. The molecule has 3 rings (SSSR count). The lowest BCUT2D eigenvalue weighted by Crippen LogP contribution is -2.05. The zero-order valence-corrected chi connectivity index (χ0v) is 14.9. The predicted octanol–water partition coefficient (Wildman–Crippen LogP) is 4.26. The number of rotatable bonds is 4. The number of ether oxygens (including phenoxy) is 3. The molecule has 0 bridgehead atoms. The van der Waals surface area contributed by atoms with E-state index in [1.54, 1.807) is 54.6 Å². The van der Waals surface area contributed by atoms with E-state index in [4.69, 9.17) is 25.8 Å². The quantitative estimate of drug-likeness (QED) is 0.457. The summed E-state index contributed by atoms with van der Waals surface area (Å²) < 4.78 is 15.8. The molecule has 2 aromatic carbocycles. The van der Waals surface area contributed by atoms with Gasteiger partial charge in [0, 0.05) is 23.1 Å². The summed E-state index contributed by atoms with van der Waals surface area (Å²) in [6.45, 7) is 1.30. The monoisotopic (exact) mass is 370 g/mol. The Morgan fingerprint density at radius 3 is 2.54 bits per heavy atom. The first-order chi connectivity index (χ1) is 12.5. The molecular weight excluding hydrogens is 356 g/mol. The van der Waals surface area contributed by atoms with Crippen LogP contribution in [-0.2, 0) is 14.3 Å². The molecule has 0 aliphatic carbocycles. The average molecular weight is 371 g/mol. The fourth-order valence-electron chi connectivity index (χ4n) is 2.47. The van der Waals surface area contributed by atoms with Gasteiger partial charge >= 0.3 is 11.9 Å². The van der Waals surface area contributed by atoms with Crippen molar-refractivity contribution in [3.05, 3.63) is 70.3 Å². The third-order valence-corrected chi connectivity index (χ3v) is 3.89. The highest BCUT2D eigenvalue weighted by molar-refractivity contribution is 6.30. The van der Waals surface area contributed by atoms with Crippen LogP contribution in [0.1, 0.15) is 18.1 Å². The Morgan fingerprint density at radius 1 is 1.15 bits per heavy atom. The second-order valence-corrected chi connectivity index (χ2v) is 5.91. The Morgan fingerprint density at radius 2 is 1.88 bits per heavy atom. The number of carbonyl (C=O) groups excluding carboxylic acids is 2. The van der Waals surface area contributed by atoms with E-state index in [1.807, 2.05) is 0 Å². The number of benzene rings is 2. The van der Waals surface area contributed by atoms with E-state index in [2.05, 4.69) is 0 Å². The summed E-state index contributed by atoms with van der Waals surface area (Å²) >= 11 is 5.88. The van der Waals surface area contributed by atoms with Crippen LogP contribution in [0.15, 0.2) is 54.1 Å². The van der Waals surface area contributed by atoms with Gasteiger partial charge in [0.1, 0.15) is 5.76 Å². The molecule has 0 saturated heterocycles. The van der Waals surface area contributed by atoms with Gasteiger partial charge in [-0.1, -0.05) is 23.7 Å². The maximum absolute atomic E-state index is 12.2. The van der Waals surface area contributed by atoms with E-state index >= 15 is 0 Å². The van der Waals surface area contributed by atoms with Crippen molar-refractivity contribution in [2.24, 2.45) is 0 Å². The second-order valence-electron chi connectivity index (χ2n) is 5.48. The van der Waals surface area contributed by atoms with Crippen molar-refractivity contribution in [1.82, 2.24) is 0 Å². The van der Waals surface area contributed by atoms with Gasteiger partial charge in [0.25, 0.3) is 0 Å². The van der Waals surface area contributed by atoms with E-state index < -0.39 is 11.9 Å². The van der Waals surface area contributed by atoms with Crippen LogP contribution in [0, 0.1) is 0 Å². The molecule has 132 valence electrons. The summed E-state index contributed by atoms with van der Waals surface area (Å²) in [5.41, 5.74) is 1.59. The lowest BCUT2D eigenvalue weighted by molar-refractivity contribution is -0.132. The van der Waals surface area contributed by atoms with Crippen LogP contribution < -0.4 is 9.47 Å². The van der Waals surface area contributed by atoms with Gasteiger partial charge in [-0.25, -0.2) is 4.79 Å². The van der Waals surface area contributed by atoms with Gasteiger partial charge < -0.3 is 14.2 Å². The Labute approximate surface area is 155 Å². The fraction of sp³-hybridized carbons (Fsp3) is 0.100. The summed E-state index contributed by atoms with van der Waals surface area (Å²) in [4.78, 5) is 23.6. The van der Waals surface area contributed by atoms with E-state index in [1.165, 1.54) is 14.0 Å². The molecule has 6 heteroatoms. The van der Waals surface area contributed by atoms with Gasteiger partial charge in [-0.2, -0.15) is 0 Å². The lowest BCUT2D eigenvalue weighted by Gasteiger charge is -2.10. The van der Waals surface area contributed by atoms with Gasteiger partial charge in [-0.3, -0.25) is 4.79 Å². The normalized spacial score (nSPS) is 14.8. The van der Waals surface area contributed by atoms with Crippen molar-refractivity contribution in [1.29, 1.82) is 0 Å². The first-order valence-electron chi connectivity index (χ1n) is 7.75. The first kappa shape index (κ1) is 17.8. The SMILES string of the molecule is COc1cccc(/C=C2\C=C(c3ccc(Cl)cc3)OC2=O)c1OC(C)=O. The molecule has 0 atom stereocenters. The highest BCUT2D eigenvalue weighted by Crippen LogP contribution is 2.35. The molecule has 2 aromatic rings. The van der Waals surface area contributed by atoms with Gasteiger partial charge in [0.05, 0.1) is 12.7 Å². The third-order valence-electron chi connectivity index (χ3n) is 3.64. The summed E-state index contributed by atoms with van der Waals surface area (Å²) in [7, 11) is 1.47. The Bertz CT molecular complexity index is 926. The molecule has 1 aliphatic heterocycles. The van der Waals surface area contributed by atoms with Crippen LogP contribution in [0.25, 0.3) is 11.8 Å². The standard InChI is InChI=1S/C20H15ClO5/c1-12(22)25-19-14(4-3-5-17(19)24-2)10-15-11-18(26-20(15)23)13-6-8-16(21)9-7-13/h3-11H,1-2H3/b15-10+. The molecular formula is C20H15ClO5. The zero-order chi connectivity index (χ0) is 18.7. The van der Waals surface area contributed by atoms with E-state index in [0.29, 0.717) is 27.7 Å². The van der Waals surface area contributed by atoms with Crippen molar-refractivity contribution in [3.63, 3.8) is 0 Å². The second kappa shape index (κ2) is 7.45. The van der Waals surface area contributed by atoms with Crippen LogP contribution in [0.4, 0.5) is 0 Å². The number of hydrogen-bond donors (Lipinski definition) is 0. The van der Waals surface area contributed by atoms with Gasteiger partial charge in [-0.05, 0) is 42.5 Å². The van der Waals surface area contributed by atoms with E-state index in [0.717, 1.165) is 5.56 Å². The minimum Gasteiger partial charge on any atom is -0.493 e. The average Bonchev–Trinajstić information content (AvgIpc) is 2.97. The number of hydrogen-bond acceptors (Lipinski definition) is 5. The number of halogens is 1. The highest BCUT2D eigenvalue weighted by Gasteiger charge is 2.23. The van der Waals surface area contributed by atoms with Crippen LogP contribution in [0.2, 0.25) is 5.02 Å². The van der Waals surface area contributed by atoms with Gasteiger partial charge in [0.2, 0.25) is 0 Å². The molecule has 1 heterocycles. The molecule has 0 unspecified atom stereocenters. The van der Waals surface area contributed by atoms with Crippen molar-refractivity contribution < 1.29 is 23.8 Å². The maximum atomic E-state index is 12.2. The molecule has 5 nitrogen and oxygen atoms in total. The molecule has 0 N–H and O–H groups in total. The Hall–Kier alpha value is -3.05. The summed E-state index contributed by atoms with van der Waals surface area (Å²) in [5, 5.41) is 0.594. The molecule has 0 spiro atoms. The minimum atomic E-state index is -0.494. The van der Waals surface area contributed by atoms with Crippen molar-refractivity contribution in [2.45, 2.75) is 6.92 Å². The van der Waals surface area contributed by atoms with E-state index in [-0.39, 0.29) is 5.75 Å². The third kappa shape index (κ3) is 3.78. The molecule has 0 saturated carbocycles. The number of esters is 2. The molecule has 0 fully saturated rings. The molecule has 26 heavy (non-hydrogen) atoms. The minimum absolute atomic E-state index is 0.246. The maximum Gasteiger partial charge on any atom is 0.343 e. The molecule has 1 aliphatic rings. The molecule has 0 aromatic heterocycles. The van der Waals surface area contributed by atoms with Crippen LogP contribution in [0.5, 0.6) is 11.5 Å². The number of methoxy groups -OCH3 is 1. The van der Waals surface area contributed by atoms with Gasteiger partial charge in [-0.15, -0.1) is 0 Å². The number of para-hydroxylation sites is 1. The zero-order valence-electron chi connectivity index (χ0n) is 14.1. The van der Waals surface area contributed by atoms with Crippen molar-refractivity contribution in [3.8, 4) is 11.5 Å². The molecule has 0 radical (unpaired) electrons. The number of cyclic esters (lactones) is 1.